The number of nitrogens with two attached hydrogens (primary N) is 1. The van der Waals surface area contributed by atoms with Crippen LogP contribution in [0.1, 0.15) is 5.56 Å². The Balaban J connectivity index is 2.17. The molecule has 22 heavy (non-hydrogen) atoms. The fraction of sp³-hybridized carbons (Fsp3) is 0.267. The largest absolute Gasteiger partial charge is 0.386 e. The Morgan fingerprint density at radius 2 is 1.82 bits per heavy atom. The Kier molecular flexibility index (Phi) is 1.81. The van der Waals surface area contributed by atoms with Crippen molar-refractivity contribution in [3.8, 4) is 12.1 Å². The van der Waals surface area contributed by atoms with Crippen molar-refractivity contribution in [1.29, 1.82) is 10.5 Å². The number of carbonyl (C=O) groups excluding carboxylic acids is 2. The number of anilines is 1. The lowest BCUT2D eigenvalue weighted by Gasteiger charge is -2.15. The molecule has 7 nitrogen and oxygen atoms in total. The summed E-state index contributed by atoms with van der Waals surface area (Å²) in [4.78, 5) is 30.3. The van der Waals surface area contributed by atoms with Crippen LogP contribution in [0.5, 0.6) is 0 Å². The average molecular weight is 291 g/mol. The Morgan fingerprint density at radius 3 is 2.41 bits per heavy atom. The van der Waals surface area contributed by atoms with E-state index in [1.807, 2.05) is 12.1 Å². The molecule has 4 rings (SSSR count). The number of hydrogen-bond donors (Lipinski definition) is 1. The van der Waals surface area contributed by atoms with E-state index in [2.05, 4.69) is 4.99 Å². The standard InChI is InChI=1S/C15H9N5O2/c1-20-9-5-3-2-4-8(9)15(12(20)22)13(6-16)10(18)19-11(21)14(13,15)7-17/h2-5H,1H3,(H2,18,19,21)/t13-,14-,15-/m0/s1. The van der Waals surface area contributed by atoms with E-state index in [4.69, 9.17) is 5.73 Å². The van der Waals surface area contributed by atoms with E-state index >= 15 is 0 Å². The van der Waals surface area contributed by atoms with E-state index in [9.17, 15) is 20.1 Å². The monoisotopic (exact) mass is 291 g/mol. The quantitative estimate of drug-likeness (QED) is 0.710. The lowest BCUT2D eigenvalue weighted by Crippen LogP contribution is -2.39. The van der Waals surface area contributed by atoms with Gasteiger partial charge in [-0.2, -0.15) is 15.5 Å². The molecule has 0 saturated heterocycles. The molecule has 2 N–H and O–H groups in total. The number of hydrogen-bond acceptors (Lipinski definition) is 5. The number of nitrogens with zero attached hydrogens (tertiary/aromatic N) is 4. The van der Waals surface area contributed by atoms with Crippen molar-refractivity contribution in [2.24, 2.45) is 21.6 Å². The molecule has 1 fully saturated rings. The number of rotatable bonds is 0. The normalized spacial score (nSPS) is 37.4. The molecule has 1 aromatic carbocycles. The van der Waals surface area contributed by atoms with Gasteiger partial charge in [0.25, 0.3) is 5.91 Å². The predicted octanol–water partition coefficient (Wildman–Crippen LogP) is -0.168. The Bertz CT molecular complexity index is 907. The van der Waals surface area contributed by atoms with Crippen LogP contribution in [0.15, 0.2) is 29.3 Å². The van der Waals surface area contributed by atoms with Gasteiger partial charge in [0.1, 0.15) is 11.3 Å². The first-order valence-electron chi connectivity index (χ1n) is 6.56. The van der Waals surface area contributed by atoms with Crippen LogP contribution in [0, 0.1) is 33.5 Å². The van der Waals surface area contributed by atoms with E-state index in [0.29, 0.717) is 11.3 Å². The van der Waals surface area contributed by atoms with Crippen molar-refractivity contribution >= 4 is 23.3 Å². The summed E-state index contributed by atoms with van der Waals surface area (Å²) in [5, 5.41) is 19.4. The lowest BCUT2D eigenvalue weighted by molar-refractivity contribution is -0.126. The number of fused-ring (bicyclic) bond motifs is 5. The second-order valence-electron chi connectivity index (χ2n) is 5.66. The third-order valence-corrected chi connectivity index (χ3v) is 5.18. The number of para-hydroxylation sites is 1. The van der Waals surface area contributed by atoms with Gasteiger partial charge in [0.2, 0.25) is 5.91 Å². The fourth-order valence-electron chi connectivity index (χ4n) is 4.27. The Labute approximate surface area is 125 Å². The molecule has 1 spiro atoms. The molecule has 2 heterocycles. The van der Waals surface area contributed by atoms with Crippen LogP contribution in [0.4, 0.5) is 5.69 Å². The number of amides is 2. The summed E-state index contributed by atoms with van der Waals surface area (Å²) in [6.07, 6.45) is 0. The number of amidine groups is 1. The molecule has 1 aromatic rings. The first-order chi connectivity index (χ1) is 10.5. The highest BCUT2D eigenvalue weighted by atomic mass is 16.2. The summed E-state index contributed by atoms with van der Waals surface area (Å²) in [5.74, 6) is -1.53. The zero-order valence-corrected chi connectivity index (χ0v) is 11.5. The first kappa shape index (κ1) is 12.5. The smallest absolute Gasteiger partial charge is 0.271 e. The summed E-state index contributed by atoms with van der Waals surface area (Å²) < 4.78 is 0. The number of likely N-dealkylation sites (N-methyl/N-ethyl adjacent to an activating group) is 1. The topological polar surface area (TPSA) is 123 Å². The molecule has 3 aliphatic rings. The van der Waals surface area contributed by atoms with Gasteiger partial charge in [-0.25, -0.2) is 0 Å². The molecule has 2 aliphatic heterocycles. The molecule has 1 aliphatic carbocycles. The van der Waals surface area contributed by atoms with Crippen LogP contribution in [-0.2, 0) is 15.0 Å². The lowest BCUT2D eigenvalue weighted by atomic mass is 9.85. The van der Waals surface area contributed by atoms with E-state index in [1.165, 1.54) is 4.90 Å². The van der Waals surface area contributed by atoms with Crippen LogP contribution >= 0.6 is 0 Å². The van der Waals surface area contributed by atoms with Gasteiger partial charge in [-0.15, -0.1) is 0 Å². The summed E-state index contributed by atoms with van der Waals surface area (Å²) in [6.45, 7) is 0. The van der Waals surface area contributed by atoms with Gasteiger partial charge in [-0.3, -0.25) is 9.59 Å². The molecule has 0 bridgehead atoms. The van der Waals surface area contributed by atoms with Gasteiger partial charge in [0.05, 0.1) is 12.1 Å². The minimum Gasteiger partial charge on any atom is -0.386 e. The number of carbonyl (C=O) groups is 2. The van der Waals surface area contributed by atoms with Gasteiger partial charge >= 0.3 is 0 Å². The highest BCUT2D eigenvalue weighted by Crippen LogP contribution is 2.83. The molecule has 2 amide bonds. The predicted molar refractivity (Wildman–Crippen MR) is 74.3 cm³/mol. The van der Waals surface area contributed by atoms with Crippen molar-refractivity contribution in [3.63, 3.8) is 0 Å². The van der Waals surface area contributed by atoms with E-state index in [-0.39, 0.29) is 5.84 Å². The number of aliphatic imine (C=N–C) groups is 1. The van der Waals surface area contributed by atoms with Crippen LogP contribution in [0.2, 0.25) is 0 Å². The maximum absolute atomic E-state index is 12.9. The minimum atomic E-state index is -1.86. The van der Waals surface area contributed by atoms with Crippen molar-refractivity contribution in [2.75, 3.05) is 11.9 Å². The number of nitriles is 2. The Morgan fingerprint density at radius 1 is 1.18 bits per heavy atom. The van der Waals surface area contributed by atoms with Crippen LogP contribution in [0.3, 0.4) is 0 Å². The van der Waals surface area contributed by atoms with Gasteiger partial charge in [0.15, 0.2) is 10.8 Å². The second kappa shape index (κ2) is 3.18. The van der Waals surface area contributed by atoms with Crippen molar-refractivity contribution < 1.29 is 9.59 Å². The van der Waals surface area contributed by atoms with Gasteiger partial charge < -0.3 is 10.6 Å². The first-order valence-corrected chi connectivity index (χ1v) is 6.56. The van der Waals surface area contributed by atoms with Gasteiger partial charge in [0, 0.05) is 12.7 Å². The van der Waals surface area contributed by atoms with E-state index in [1.54, 1.807) is 31.3 Å². The van der Waals surface area contributed by atoms with Crippen molar-refractivity contribution in [1.82, 2.24) is 0 Å². The molecular formula is C15H9N5O2. The van der Waals surface area contributed by atoms with E-state index < -0.39 is 28.1 Å². The van der Waals surface area contributed by atoms with Crippen molar-refractivity contribution in [3.05, 3.63) is 29.8 Å². The van der Waals surface area contributed by atoms with Crippen LogP contribution < -0.4 is 10.6 Å². The molecule has 0 aromatic heterocycles. The highest BCUT2D eigenvalue weighted by Gasteiger charge is 3.02. The summed E-state index contributed by atoms with van der Waals surface area (Å²) in [5.41, 5.74) is 1.71. The molecule has 7 heteroatoms. The zero-order chi connectivity index (χ0) is 15.9. The maximum atomic E-state index is 12.9. The van der Waals surface area contributed by atoms with Crippen LogP contribution in [-0.4, -0.2) is 24.7 Å². The maximum Gasteiger partial charge on any atom is 0.271 e. The van der Waals surface area contributed by atoms with Gasteiger partial charge in [-0.1, -0.05) is 18.2 Å². The molecule has 3 atom stereocenters. The zero-order valence-electron chi connectivity index (χ0n) is 11.5. The SMILES string of the molecule is CN1C(=O)[C@]2(c3ccccc31)[C@@]1(C#N)C(=O)N=C(N)[C@@]12C#N. The minimum absolute atomic E-state index is 0.250. The molecular weight excluding hydrogens is 282 g/mol. The van der Waals surface area contributed by atoms with Crippen molar-refractivity contribution in [2.45, 2.75) is 5.41 Å². The summed E-state index contributed by atoms with van der Waals surface area (Å²) in [6, 6.07) is 10.7. The molecule has 0 unspecified atom stereocenters. The third kappa shape index (κ3) is 0.751. The average Bonchev–Trinajstić information content (AvgIpc) is 2.94. The molecule has 1 saturated carbocycles. The van der Waals surface area contributed by atoms with E-state index in [0.717, 1.165) is 0 Å². The second-order valence-corrected chi connectivity index (χ2v) is 5.66. The molecule has 106 valence electrons. The summed E-state index contributed by atoms with van der Waals surface area (Å²) in [7, 11) is 1.55. The molecule has 0 radical (unpaired) electrons. The fourth-order valence-corrected chi connectivity index (χ4v) is 4.27. The van der Waals surface area contributed by atoms with Crippen LogP contribution in [0.25, 0.3) is 0 Å². The third-order valence-electron chi connectivity index (χ3n) is 5.18. The highest BCUT2D eigenvalue weighted by molar-refractivity contribution is 6.30. The summed E-state index contributed by atoms with van der Waals surface area (Å²) >= 11 is 0. The van der Waals surface area contributed by atoms with Gasteiger partial charge in [-0.05, 0) is 11.6 Å². The number of benzene rings is 1. The Hall–Kier alpha value is -3.19.